The number of piperazine rings is 1. The number of nitrogens with zero attached hydrogens (tertiary/aromatic N) is 3. The predicted octanol–water partition coefficient (Wildman–Crippen LogP) is 4.88. The number of hydrogen-bond acceptors (Lipinski definition) is 5. The highest BCUT2D eigenvalue weighted by Crippen LogP contribution is 2.38. The molecule has 4 aromatic rings. The number of nitrogens with one attached hydrogen (secondary N) is 1. The lowest BCUT2D eigenvalue weighted by Gasteiger charge is -2.46. The molecule has 6 heteroatoms. The van der Waals surface area contributed by atoms with Gasteiger partial charge in [-0.15, -0.1) is 5.10 Å². The fourth-order valence-electron chi connectivity index (χ4n) is 4.68. The van der Waals surface area contributed by atoms with E-state index in [1.807, 2.05) is 48.5 Å². The molecule has 0 amide bonds. The number of hydrogen-bond donors (Lipinski definition) is 1. The number of carbonyl (C=O) groups excluding carboxylic acids is 1. The minimum Gasteiger partial charge on any atom is -0.358 e. The smallest absolute Gasteiger partial charge is 0.150 e. The maximum absolute atomic E-state index is 14.3. The maximum Gasteiger partial charge on any atom is 0.150 e. The van der Waals surface area contributed by atoms with Gasteiger partial charge in [-0.1, -0.05) is 36.4 Å². The average Bonchev–Trinajstić information content (AvgIpc) is 2.85. The van der Waals surface area contributed by atoms with Crippen LogP contribution in [0, 0.1) is 12.7 Å². The number of rotatable bonds is 4. The van der Waals surface area contributed by atoms with E-state index in [9.17, 15) is 9.18 Å². The maximum atomic E-state index is 14.3. The predicted molar refractivity (Wildman–Crippen MR) is 129 cm³/mol. The lowest BCUT2D eigenvalue weighted by atomic mass is 9.88. The van der Waals surface area contributed by atoms with Gasteiger partial charge in [0.05, 0.1) is 11.2 Å². The molecule has 1 fully saturated rings. The monoisotopic (exact) mass is 440 g/mol. The first kappa shape index (κ1) is 21.2. The first-order chi connectivity index (χ1) is 16.0. The van der Waals surface area contributed by atoms with E-state index < -0.39 is 5.54 Å². The zero-order valence-corrected chi connectivity index (χ0v) is 18.7. The van der Waals surface area contributed by atoms with Crippen molar-refractivity contribution in [3.05, 3.63) is 89.4 Å². The third-order valence-corrected chi connectivity index (χ3v) is 6.56. The minimum atomic E-state index is -0.468. The van der Waals surface area contributed by atoms with Crippen LogP contribution in [0.5, 0.6) is 0 Å². The van der Waals surface area contributed by atoms with E-state index in [-0.39, 0.29) is 5.82 Å². The van der Waals surface area contributed by atoms with Gasteiger partial charge in [0.15, 0.2) is 0 Å². The Morgan fingerprint density at radius 3 is 2.52 bits per heavy atom. The van der Waals surface area contributed by atoms with Crippen LogP contribution in [0.4, 0.5) is 10.1 Å². The molecule has 1 atom stereocenters. The Kier molecular flexibility index (Phi) is 5.38. The molecular weight excluding hydrogens is 415 g/mol. The average molecular weight is 441 g/mol. The van der Waals surface area contributed by atoms with Gasteiger partial charge in [-0.05, 0) is 49.7 Å². The van der Waals surface area contributed by atoms with Gasteiger partial charge in [-0.25, -0.2) is 4.39 Å². The molecule has 0 saturated carbocycles. The number of benzene rings is 3. The third kappa shape index (κ3) is 3.66. The van der Waals surface area contributed by atoms with E-state index in [1.54, 1.807) is 13.0 Å². The van der Waals surface area contributed by atoms with Crippen molar-refractivity contribution in [2.45, 2.75) is 19.4 Å². The molecular formula is C27H25FN4O. The van der Waals surface area contributed by atoms with Crippen LogP contribution >= 0.6 is 0 Å². The Bertz CT molecular complexity index is 1340. The van der Waals surface area contributed by atoms with E-state index in [1.165, 1.54) is 6.07 Å². The van der Waals surface area contributed by atoms with Crippen LogP contribution in [0.2, 0.25) is 0 Å². The summed E-state index contributed by atoms with van der Waals surface area (Å²) in [7, 11) is 0. The summed E-state index contributed by atoms with van der Waals surface area (Å²) >= 11 is 0. The van der Waals surface area contributed by atoms with Crippen molar-refractivity contribution in [1.82, 2.24) is 15.5 Å². The van der Waals surface area contributed by atoms with Crippen LogP contribution < -0.4 is 10.2 Å². The second-order valence-electron chi connectivity index (χ2n) is 8.72. The van der Waals surface area contributed by atoms with Gasteiger partial charge >= 0.3 is 0 Å². The van der Waals surface area contributed by atoms with Crippen molar-refractivity contribution >= 4 is 22.7 Å². The summed E-state index contributed by atoms with van der Waals surface area (Å²) in [6.07, 6.45) is 0.854. The summed E-state index contributed by atoms with van der Waals surface area (Å²) < 4.78 is 14.3. The first-order valence-corrected chi connectivity index (χ1v) is 11.1. The van der Waals surface area contributed by atoms with Crippen LogP contribution in [0.1, 0.15) is 28.5 Å². The fraction of sp³-hybridized carbons (Fsp3) is 0.222. The van der Waals surface area contributed by atoms with Crippen molar-refractivity contribution in [3.63, 3.8) is 0 Å². The Labute approximate surface area is 192 Å². The molecule has 166 valence electrons. The third-order valence-electron chi connectivity index (χ3n) is 6.56. The van der Waals surface area contributed by atoms with Crippen molar-refractivity contribution in [2.24, 2.45) is 0 Å². The zero-order valence-electron chi connectivity index (χ0n) is 18.7. The van der Waals surface area contributed by atoms with E-state index >= 15 is 0 Å². The molecule has 5 rings (SSSR count). The summed E-state index contributed by atoms with van der Waals surface area (Å²) in [4.78, 5) is 13.4. The fourth-order valence-corrected chi connectivity index (χ4v) is 4.68. The summed E-state index contributed by atoms with van der Waals surface area (Å²) in [6.45, 7) is 6.24. The van der Waals surface area contributed by atoms with E-state index in [0.29, 0.717) is 28.9 Å². The Morgan fingerprint density at radius 1 is 1.03 bits per heavy atom. The lowest BCUT2D eigenvalue weighted by Crippen LogP contribution is -2.58. The van der Waals surface area contributed by atoms with Gasteiger partial charge < -0.3 is 10.2 Å². The number of aryl methyl sites for hydroxylation is 1. The van der Waals surface area contributed by atoms with Gasteiger partial charge in [-0.3, -0.25) is 4.79 Å². The van der Waals surface area contributed by atoms with Crippen molar-refractivity contribution in [2.75, 3.05) is 24.5 Å². The zero-order chi connectivity index (χ0) is 23.0. The number of aromatic nitrogens is 2. The molecule has 5 nitrogen and oxygen atoms in total. The van der Waals surface area contributed by atoms with E-state index in [2.05, 4.69) is 28.3 Å². The topological polar surface area (TPSA) is 58.1 Å². The number of carbonyl (C=O) groups is 1. The summed E-state index contributed by atoms with van der Waals surface area (Å²) in [6, 6.07) is 20.9. The molecule has 1 aliphatic heterocycles. The van der Waals surface area contributed by atoms with Gasteiger partial charge in [0.1, 0.15) is 17.8 Å². The molecule has 0 radical (unpaired) electrons. The Morgan fingerprint density at radius 2 is 1.79 bits per heavy atom. The molecule has 0 spiro atoms. The molecule has 0 bridgehead atoms. The highest BCUT2D eigenvalue weighted by atomic mass is 19.1. The lowest BCUT2D eigenvalue weighted by molar-refractivity contribution is 0.112. The van der Waals surface area contributed by atoms with Crippen LogP contribution in [0.3, 0.4) is 0 Å². The standard InChI is InChI=1S/C27H25FN4O/c1-18-7-10-20(15-24(18)28)25-22-5-3-4-6-23(22)26(31-30-25)27(2)17-29-13-14-32(27)21-11-8-19(16-33)9-12-21/h3-12,15-16,29H,13-14,17H2,1-2H3. The molecule has 33 heavy (non-hydrogen) atoms. The second-order valence-corrected chi connectivity index (χ2v) is 8.72. The summed E-state index contributed by atoms with van der Waals surface area (Å²) in [5.74, 6) is -0.254. The highest BCUT2D eigenvalue weighted by Gasteiger charge is 2.39. The number of aldehydes is 1. The quantitative estimate of drug-likeness (QED) is 0.458. The largest absolute Gasteiger partial charge is 0.358 e. The molecule has 1 N–H and O–H groups in total. The number of anilines is 1. The molecule has 1 saturated heterocycles. The molecule has 1 unspecified atom stereocenters. The van der Waals surface area contributed by atoms with Crippen LogP contribution in [0.15, 0.2) is 66.7 Å². The highest BCUT2D eigenvalue weighted by molar-refractivity contribution is 5.96. The minimum absolute atomic E-state index is 0.254. The van der Waals surface area contributed by atoms with Crippen molar-refractivity contribution < 1.29 is 9.18 Å². The molecule has 1 aliphatic rings. The first-order valence-electron chi connectivity index (χ1n) is 11.1. The number of fused-ring (bicyclic) bond motifs is 1. The Balaban J connectivity index is 1.66. The van der Waals surface area contributed by atoms with Crippen LogP contribution in [-0.4, -0.2) is 36.1 Å². The van der Waals surface area contributed by atoms with Gasteiger partial charge in [0.25, 0.3) is 0 Å². The molecule has 3 aromatic carbocycles. The molecule has 0 aliphatic carbocycles. The summed E-state index contributed by atoms with van der Waals surface area (Å²) in [5.41, 5.74) is 4.05. The second kappa shape index (κ2) is 8.37. The van der Waals surface area contributed by atoms with Crippen molar-refractivity contribution in [1.29, 1.82) is 0 Å². The normalized spacial score (nSPS) is 18.5. The van der Waals surface area contributed by atoms with Crippen LogP contribution in [-0.2, 0) is 5.54 Å². The van der Waals surface area contributed by atoms with Gasteiger partial charge in [0, 0.05) is 47.2 Å². The van der Waals surface area contributed by atoms with Crippen LogP contribution in [0.25, 0.3) is 22.0 Å². The SMILES string of the molecule is Cc1ccc(-c2nnc(C3(C)CNCCN3c3ccc(C=O)cc3)c3ccccc23)cc1F. The Hall–Kier alpha value is -3.64. The van der Waals surface area contributed by atoms with E-state index in [4.69, 9.17) is 5.10 Å². The molecule has 1 aromatic heterocycles. The van der Waals surface area contributed by atoms with Gasteiger partial charge in [-0.2, -0.15) is 5.10 Å². The molecule has 2 heterocycles. The van der Waals surface area contributed by atoms with Gasteiger partial charge in [0.2, 0.25) is 0 Å². The number of halogens is 1. The summed E-state index contributed by atoms with van der Waals surface area (Å²) in [5, 5.41) is 14.8. The van der Waals surface area contributed by atoms with E-state index in [0.717, 1.165) is 41.5 Å². The van der Waals surface area contributed by atoms with Crippen molar-refractivity contribution in [3.8, 4) is 11.3 Å².